The summed E-state index contributed by atoms with van der Waals surface area (Å²) in [7, 11) is -3.02. The molecule has 10 heteroatoms. The van der Waals surface area contributed by atoms with Crippen LogP contribution in [0.5, 0.6) is 5.75 Å². The second-order valence-corrected chi connectivity index (χ2v) is 9.43. The molecule has 3 aromatic rings. The second kappa shape index (κ2) is 9.76. The molecule has 0 saturated heterocycles. The number of nitrogens with zero attached hydrogens (tertiary/aromatic N) is 1. The Balaban J connectivity index is 2.04. The summed E-state index contributed by atoms with van der Waals surface area (Å²) in [6, 6.07) is 15.5. The van der Waals surface area contributed by atoms with Gasteiger partial charge in [0.25, 0.3) is 10.0 Å². The molecule has 1 amide bonds. The van der Waals surface area contributed by atoms with Gasteiger partial charge in [-0.05, 0) is 61.4 Å². The van der Waals surface area contributed by atoms with Gasteiger partial charge in [0.1, 0.15) is 17.2 Å². The van der Waals surface area contributed by atoms with Gasteiger partial charge in [-0.15, -0.1) is 0 Å². The van der Waals surface area contributed by atoms with Gasteiger partial charge in [0.15, 0.2) is 0 Å². The SMILES string of the molecule is COc1ccc(C)cc1S(=O)(=O)N(CC(=O)Nc1ccccc1C(F)(F)F)c1cccc(C)c1. The van der Waals surface area contributed by atoms with E-state index in [1.54, 1.807) is 38.1 Å². The summed E-state index contributed by atoms with van der Waals surface area (Å²) in [5, 5.41) is 2.20. The van der Waals surface area contributed by atoms with Gasteiger partial charge in [-0.1, -0.05) is 30.3 Å². The molecule has 3 rings (SSSR count). The Bertz CT molecular complexity index is 1310. The average molecular weight is 493 g/mol. The summed E-state index contributed by atoms with van der Waals surface area (Å²) in [5.74, 6) is -0.862. The second-order valence-electron chi connectivity index (χ2n) is 7.60. The van der Waals surface area contributed by atoms with Crippen LogP contribution in [0.25, 0.3) is 0 Å². The number of carbonyl (C=O) groups excluding carboxylic acids is 1. The molecule has 0 saturated carbocycles. The number of ether oxygens (including phenoxy) is 1. The molecule has 0 bridgehead atoms. The fourth-order valence-corrected chi connectivity index (χ4v) is 5.02. The van der Waals surface area contributed by atoms with Crippen molar-refractivity contribution in [3.8, 4) is 5.75 Å². The van der Waals surface area contributed by atoms with Crippen molar-refractivity contribution in [3.63, 3.8) is 0 Å². The van der Waals surface area contributed by atoms with E-state index in [2.05, 4.69) is 5.32 Å². The van der Waals surface area contributed by atoms with Crippen LogP contribution >= 0.6 is 0 Å². The van der Waals surface area contributed by atoms with Crippen LogP contribution in [-0.4, -0.2) is 28.0 Å². The summed E-state index contributed by atoms with van der Waals surface area (Å²) < 4.78 is 73.4. The molecule has 0 aliphatic carbocycles. The molecule has 0 radical (unpaired) electrons. The summed E-state index contributed by atoms with van der Waals surface area (Å²) in [6.07, 6.45) is -4.69. The van der Waals surface area contributed by atoms with Gasteiger partial charge in [-0.2, -0.15) is 13.2 Å². The van der Waals surface area contributed by atoms with Crippen molar-refractivity contribution in [1.29, 1.82) is 0 Å². The number of alkyl halides is 3. The standard InChI is InChI=1S/C24H23F3N2O4S/c1-16-7-6-8-18(13-16)29(34(31,32)22-14-17(2)11-12-21(22)33-3)15-23(30)28-20-10-5-4-9-19(20)24(25,26)27/h4-14H,15H2,1-3H3,(H,28,30). The largest absolute Gasteiger partial charge is 0.495 e. The first-order valence-electron chi connectivity index (χ1n) is 10.1. The normalized spacial score (nSPS) is 11.7. The van der Waals surface area contributed by atoms with Crippen LogP contribution in [0.2, 0.25) is 0 Å². The van der Waals surface area contributed by atoms with E-state index in [-0.39, 0.29) is 16.3 Å². The highest BCUT2D eigenvalue weighted by Gasteiger charge is 2.34. The van der Waals surface area contributed by atoms with Gasteiger partial charge in [-0.3, -0.25) is 9.10 Å². The number of hydrogen-bond donors (Lipinski definition) is 1. The highest BCUT2D eigenvalue weighted by Crippen LogP contribution is 2.35. The predicted molar refractivity (Wildman–Crippen MR) is 124 cm³/mol. The molecule has 180 valence electrons. The molecule has 0 unspecified atom stereocenters. The number of methoxy groups -OCH3 is 1. The van der Waals surface area contributed by atoms with Crippen LogP contribution in [-0.2, 0) is 21.0 Å². The van der Waals surface area contributed by atoms with Gasteiger partial charge in [-0.25, -0.2) is 8.42 Å². The number of aryl methyl sites for hydroxylation is 2. The lowest BCUT2D eigenvalue weighted by Gasteiger charge is -2.25. The molecule has 0 aromatic heterocycles. The maximum Gasteiger partial charge on any atom is 0.418 e. The third-order valence-corrected chi connectivity index (χ3v) is 6.77. The molecule has 0 spiro atoms. The van der Waals surface area contributed by atoms with Crippen molar-refractivity contribution in [2.24, 2.45) is 0 Å². The fraction of sp³-hybridized carbons (Fsp3) is 0.208. The highest BCUT2D eigenvalue weighted by molar-refractivity contribution is 7.93. The van der Waals surface area contributed by atoms with E-state index in [0.717, 1.165) is 22.0 Å². The quantitative estimate of drug-likeness (QED) is 0.494. The van der Waals surface area contributed by atoms with Crippen LogP contribution in [0.3, 0.4) is 0 Å². The Morgan fingerprint density at radius 1 is 0.971 bits per heavy atom. The average Bonchev–Trinajstić information content (AvgIpc) is 2.77. The minimum atomic E-state index is -4.69. The number of benzene rings is 3. The van der Waals surface area contributed by atoms with Crippen molar-refractivity contribution in [3.05, 3.63) is 83.4 Å². The minimum absolute atomic E-state index is 0.0751. The predicted octanol–water partition coefficient (Wildman–Crippen LogP) is 5.16. The third kappa shape index (κ3) is 5.51. The lowest BCUT2D eigenvalue weighted by Crippen LogP contribution is -2.38. The molecule has 0 atom stereocenters. The number of carbonyl (C=O) groups is 1. The summed E-state index contributed by atoms with van der Waals surface area (Å²) >= 11 is 0. The molecule has 1 N–H and O–H groups in total. The van der Waals surface area contributed by atoms with Gasteiger partial charge in [0, 0.05) is 0 Å². The van der Waals surface area contributed by atoms with E-state index >= 15 is 0 Å². The zero-order valence-corrected chi connectivity index (χ0v) is 19.5. The van der Waals surface area contributed by atoms with Gasteiger partial charge in [0.05, 0.1) is 24.0 Å². The number of hydrogen-bond acceptors (Lipinski definition) is 4. The molecule has 0 aliphatic rings. The zero-order chi connectivity index (χ0) is 25.1. The maximum atomic E-state index is 13.7. The lowest BCUT2D eigenvalue weighted by atomic mass is 10.1. The molecular formula is C24H23F3N2O4S. The maximum absolute atomic E-state index is 13.7. The van der Waals surface area contributed by atoms with E-state index in [1.807, 2.05) is 0 Å². The smallest absolute Gasteiger partial charge is 0.418 e. The Morgan fingerprint density at radius 3 is 2.29 bits per heavy atom. The molecule has 0 fully saturated rings. The molecule has 0 aliphatic heterocycles. The Labute approximate surface area is 196 Å². The third-order valence-electron chi connectivity index (χ3n) is 4.97. The van der Waals surface area contributed by atoms with Crippen LogP contribution in [0.15, 0.2) is 71.6 Å². The Morgan fingerprint density at radius 2 is 1.65 bits per heavy atom. The number of para-hydroxylation sites is 1. The van der Waals surface area contributed by atoms with Gasteiger partial charge < -0.3 is 10.1 Å². The number of rotatable bonds is 7. The lowest BCUT2D eigenvalue weighted by molar-refractivity contribution is -0.137. The number of anilines is 2. The van der Waals surface area contributed by atoms with Crippen molar-refractivity contribution in [2.75, 3.05) is 23.3 Å². The van der Waals surface area contributed by atoms with E-state index in [9.17, 15) is 26.4 Å². The number of halogens is 3. The van der Waals surface area contributed by atoms with E-state index in [1.165, 1.54) is 37.4 Å². The van der Waals surface area contributed by atoms with Crippen LogP contribution in [0, 0.1) is 13.8 Å². The first-order chi connectivity index (χ1) is 15.9. The number of nitrogens with one attached hydrogen (secondary N) is 1. The monoisotopic (exact) mass is 492 g/mol. The summed E-state index contributed by atoms with van der Waals surface area (Å²) in [6.45, 7) is 2.70. The van der Waals surface area contributed by atoms with Crippen molar-refractivity contribution >= 4 is 27.3 Å². The Hall–Kier alpha value is -3.53. The van der Waals surface area contributed by atoms with Crippen molar-refractivity contribution < 1.29 is 31.1 Å². The van der Waals surface area contributed by atoms with Crippen LogP contribution in [0.1, 0.15) is 16.7 Å². The molecular weight excluding hydrogens is 469 g/mol. The van der Waals surface area contributed by atoms with Crippen LogP contribution < -0.4 is 14.4 Å². The number of amides is 1. The van der Waals surface area contributed by atoms with Crippen LogP contribution in [0.4, 0.5) is 24.5 Å². The van der Waals surface area contributed by atoms with E-state index < -0.39 is 39.9 Å². The summed E-state index contributed by atoms with van der Waals surface area (Å²) in [5.41, 5.74) is 0.0649. The summed E-state index contributed by atoms with van der Waals surface area (Å²) in [4.78, 5) is 12.7. The first-order valence-corrected chi connectivity index (χ1v) is 11.6. The fourth-order valence-electron chi connectivity index (χ4n) is 3.36. The number of sulfonamides is 1. The van der Waals surface area contributed by atoms with E-state index in [0.29, 0.717) is 5.56 Å². The molecule has 6 nitrogen and oxygen atoms in total. The van der Waals surface area contributed by atoms with Gasteiger partial charge in [0.2, 0.25) is 5.91 Å². The van der Waals surface area contributed by atoms with Crippen molar-refractivity contribution in [2.45, 2.75) is 24.9 Å². The highest BCUT2D eigenvalue weighted by atomic mass is 32.2. The topological polar surface area (TPSA) is 75.7 Å². The molecule has 3 aromatic carbocycles. The van der Waals surface area contributed by atoms with Crippen molar-refractivity contribution in [1.82, 2.24) is 0 Å². The Kier molecular flexibility index (Phi) is 7.21. The first kappa shape index (κ1) is 25.1. The van der Waals surface area contributed by atoms with E-state index in [4.69, 9.17) is 4.74 Å². The van der Waals surface area contributed by atoms with Gasteiger partial charge >= 0.3 is 6.18 Å². The molecule has 0 heterocycles. The molecule has 34 heavy (non-hydrogen) atoms. The minimum Gasteiger partial charge on any atom is -0.495 e. The zero-order valence-electron chi connectivity index (χ0n) is 18.7.